The molecular formula is C25H37BO. The molecule has 3 fully saturated rings. The van der Waals surface area contributed by atoms with Gasteiger partial charge in [-0.15, -0.1) is 0 Å². The van der Waals surface area contributed by atoms with Gasteiger partial charge in [-0.3, -0.25) is 0 Å². The maximum absolute atomic E-state index is 6.17. The standard InChI is InChI=1S/C25H37BO/c26-24-14-10-22(11-15-24)21-8-6-19(7-9-21)18-27-25-16-12-23(13-17-25)20-4-2-1-3-5-20/h12-13,16-17,19-22,24H,1-11,14-15,18H2. The summed E-state index contributed by atoms with van der Waals surface area (Å²) >= 11 is 0. The fraction of sp³-hybridized carbons (Fsp3) is 0.760. The zero-order chi connectivity index (χ0) is 18.5. The molecule has 0 saturated heterocycles. The molecule has 0 N–H and O–H groups in total. The van der Waals surface area contributed by atoms with E-state index < -0.39 is 0 Å². The van der Waals surface area contributed by atoms with Crippen molar-refractivity contribution >= 4 is 7.85 Å². The maximum atomic E-state index is 6.17. The van der Waals surface area contributed by atoms with Crippen molar-refractivity contribution in [2.24, 2.45) is 17.8 Å². The minimum Gasteiger partial charge on any atom is -0.493 e. The van der Waals surface area contributed by atoms with E-state index in [1.165, 1.54) is 89.0 Å². The molecule has 3 aliphatic rings. The smallest absolute Gasteiger partial charge is 0.119 e. The van der Waals surface area contributed by atoms with Crippen molar-refractivity contribution in [2.75, 3.05) is 6.61 Å². The summed E-state index contributed by atoms with van der Waals surface area (Å²) in [5.41, 5.74) is 1.52. The molecule has 0 aromatic heterocycles. The van der Waals surface area contributed by atoms with Crippen LogP contribution in [0.2, 0.25) is 5.82 Å². The van der Waals surface area contributed by atoms with Crippen LogP contribution in [0.5, 0.6) is 5.75 Å². The largest absolute Gasteiger partial charge is 0.493 e. The van der Waals surface area contributed by atoms with E-state index in [2.05, 4.69) is 24.3 Å². The molecule has 0 atom stereocenters. The fourth-order valence-corrected chi connectivity index (χ4v) is 5.93. The van der Waals surface area contributed by atoms with E-state index in [-0.39, 0.29) is 0 Å². The van der Waals surface area contributed by atoms with Gasteiger partial charge in [0.05, 0.1) is 14.5 Å². The lowest BCUT2D eigenvalue weighted by atomic mass is 9.65. The van der Waals surface area contributed by atoms with Crippen LogP contribution in [0, 0.1) is 17.8 Å². The molecule has 2 radical (unpaired) electrons. The number of benzene rings is 1. The minimum atomic E-state index is 0.482. The molecule has 0 aliphatic heterocycles. The van der Waals surface area contributed by atoms with Crippen molar-refractivity contribution < 1.29 is 4.74 Å². The Morgan fingerprint density at radius 2 is 1.30 bits per heavy atom. The van der Waals surface area contributed by atoms with Crippen LogP contribution >= 0.6 is 0 Å². The first kappa shape index (κ1) is 19.4. The Morgan fingerprint density at radius 3 is 1.93 bits per heavy atom. The van der Waals surface area contributed by atoms with Crippen molar-refractivity contribution in [1.82, 2.24) is 0 Å². The Balaban J connectivity index is 1.18. The van der Waals surface area contributed by atoms with Crippen LogP contribution in [0.4, 0.5) is 0 Å². The normalized spacial score (nSPS) is 32.9. The summed E-state index contributed by atoms with van der Waals surface area (Å²) in [6.07, 6.45) is 17.8. The molecule has 0 bridgehead atoms. The highest BCUT2D eigenvalue weighted by Crippen LogP contribution is 2.42. The van der Waals surface area contributed by atoms with Crippen molar-refractivity contribution in [3.63, 3.8) is 0 Å². The third kappa shape index (κ3) is 5.33. The monoisotopic (exact) mass is 364 g/mol. The fourth-order valence-electron chi connectivity index (χ4n) is 5.93. The first-order valence-corrected chi connectivity index (χ1v) is 11.8. The van der Waals surface area contributed by atoms with Crippen molar-refractivity contribution in [3.05, 3.63) is 29.8 Å². The zero-order valence-corrected chi connectivity index (χ0v) is 17.1. The van der Waals surface area contributed by atoms with Gasteiger partial charge in [-0.25, -0.2) is 0 Å². The third-order valence-electron chi connectivity index (χ3n) is 7.82. The topological polar surface area (TPSA) is 9.23 Å². The molecule has 27 heavy (non-hydrogen) atoms. The van der Waals surface area contributed by atoms with Gasteiger partial charge in [0.25, 0.3) is 0 Å². The molecule has 0 unspecified atom stereocenters. The number of hydrogen-bond acceptors (Lipinski definition) is 1. The van der Waals surface area contributed by atoms with E-state index in [4.69, 9.17) is 12.6 Å². The molecule has 1 aromatic carbocycles. The average molecular weight is 364 g/mol. The zero-order valence-electron chi connectivity index (χ0n) is 17.1. The van der Waals surface area contributed by atoms with Crippen molar-refractivity contribution in [3.8, 4) is 5.75 Å². The Labute approximate surface area is 168 Å². The summed E-state index contributed by atoms with van der Waals surface area (Å²) in [6.45, 7) is 0.908. The predicted molar refractivity (Wildman–Crippen MR) is 115 cm³/mol. The predicted octanol–water partition coefficient (Wildman–Crippen LogP) is 7.07. The van der Waals surface area contributed by atoms with Gasteiger partial charge in [0, 0.05) is 0 Å². The van der Waals surface area contributed by atoms with Gasteiger partial charge >= 0.3 is 0 Å². The second kappa shape index (κ2) is 9.53. The molecule has 1 nitrogen and oxygen atoms in total. The van der Waals surface area contributed by atoms with Crippen LogP contribution in [-0.4, -0.2) is 14.5 Å². The van der Waals surface area contributed by atoms with Gasteiger partial charge in [0.1, 0.15) is 5.75 Å². The quantitative estimate of drug-likeness (QED) is 0.508. The van der Waals surface area contributed by atoms with E-state index in [1.54, 1.807) is 0 Å². The lowest BCUT2D eigenvalue weighted by Crippen LogP contribution is -2.26. The van der Waals surface area contributed by atoms with Crippen molar-refractivity contribution in [1.29, 1.82) is 0 Å². The van der Waals surface area contributed by atoms with Gasteiger partial charge in [0.2, 0.25) is 0 Å². The number of hydrogen-bond donors (Lipinski definition) is 0. The summed E-state index contributed by atoms with van der Waals surface area (Å²) in [5, 5.41) is 0. The molecule has 1 aromatic rings. The van der Waals surface area contributed by atoms with Gasteiger partial charge in [-0.1, -0.05) is 62.9 Å². The lowest BCUT2D eigenvalue weighted by Gasteiger charge is -2.37. The highest BCUT2D eigenvalue weighted by atomic mass is 16.5. The molecule has 3 aliphatic carbocycles. The molecule has 146 valence electrons. The highest BCUT2D eigenvalue weighted by molar-refractivity contribution is 6.11. The Hall–Kier alpha value is -0.915. The summed E-state index contributed by atoms with van der Waals surface area (Å²) in [7, 11) is 6.08. The summed E-state index contributed by atoms with van der Waals surface area (Å²) in [5.74, 6) is 5.01. The van der Waals surface area contributed by atoms with Crippen molar-refractivity contribution in [2.45, 2.75) is 95.2 Å². The van der Waals surface area contributed by atoms with E-state index >= 15 is 0 Å². The Morgan fingerprint density at radius 1 is 0.704 bits per heavy atom. The van der Waals surface area contributed by atoms with Gasteiger partial charge in [-0.05, 0) is 79.9 Å². The van der Waals surface area contributed by atoms with Gasteiger partial charge in [0.15, 0.2) is 0 Å². The first-order chi connectivity index (χ1) is 13.3. The van der Waals surface area contributed by atoms with E-state index in [0.717, 1.165) is 36.0 Å². The third-order valence-corrected chi connectivity index (χ3v) is 7.82. The van der Waals surface area contributed by atoms with Gasteiger partial charge < -0.3 is 4.74 Å². The Bertz CT molecular complexity index is 546. The SMILES string of the molecule is [B]C1CCC(C2CCC(COc3ccc(C4CCCCC4)cc3)CC2)CC1. The van der Waals surface area contributed by atoms with Crippen LogP contribution in [0.15, 0.2) is 24.3 Å². The molecule has 3 saturated carbocycles. The Kier molecular flexibility index (Phi) is 6.85. The summed E-state index contributed by atoms with van der Waals surface area (Å²) < 4.78 is 6.17. The van der Waals surface area contributed by atoms with Crippen LogP contribution in [0.25, 0.3) is 0 Å². The lowest BCUT2D eigenvalue weighted by molar-refractivity contribution is 0.135. The summed E-state index contributed by atoms with van der Waals surface area (Å²) in [6, 6.07) is 9.05. The minimum absolute atomic E-state index is 0.482. The van der Waals surface area contributed by atoms with Crippen LogP contribution in [-0.2, 0) is 0 Å². The average Bonchev–Trinajstić information content (AvgIpc) is 2.74. The van der Waals surface area contributed by atoms with Gasteiger partial charge in [-0.2, -0.15) is 0 Å². The second-order valence-corrected chi connectivity index (χ2v) is 9.67. The van der Waals surface area contributed by atoms with E-state index in [1.807, 2.05) is 0 Å². The number of ether oxygens (including phenoxy) is 1. The first-order valence-electron chi connectivity index (χ1n) is 11.8. The van der Waals surface area contributed by atoms with Crippen LogP contribution in [0.3, 0.4) is 0 Å². The van der Waals surface area contributed by atoms with Crippen LogP contribution < -0.4 is 4.74 Å². The highest BCUT2D eigenvalue weighted by Gasteiger charge is 2.30. The molecule has 0 heterocycles. The molecule has 0 amide bonds. The molecule has 2 heteroatoms. The number of rotatable bonds is 5. The molecule has 4 rings (SSSR count). The molecular weight excluding hydrogens is 327 g/mol. The maximum Gasteiger partial charge on any atom is 0.119 e. The molecule has 0 spiro atoms. The van der Waals surface area contributed by atoms with E-state index in [0.29, 0.717) is 5.82 Å². The summed E-state index contributed by atoms with van der Waals surface area (Å²) in [4.78, 5) is 0. The second-order valence-electron chi connectivity index (χ2n) is 9.67. The van der Waals surface area contributed by atoms with E-state index in [9.17, 15) is 0 Å². The van der Waals surface area contributed by atoms with Crippen LogP contribution in [0.1, 0.15) is 95.0 Å².